The molecule has 0 aliphatic heterocycles. The summed E-state index contributed by atoms with van der Waals surface area (Å²) in [5.74, 6) is 0. The average Bonchev–Trinajstić information content (AvgIpc) is 2.32. The number of hydrogen-bond donors (Lipinski definition) is 0. The molecule has 0 aromatic heterocycles. The van der Waals surface area contributed by atoms with Crippen LogP contribution in [0.5, 0.6) is 0 Å². The predicted octanol–water partition coefficient (Wildman–Crippen LogP) is 0.146. The molecule has 0 aliphatic carbocycles. The minimum atomic E-state index is -5.39. The molecule has 0 saturated carbocycles. The van der Waals surface area contributed by atoms with E-state index in [9.17, 15) is 0 Å². The first-order chi connectivity index (χ1) is 8.00. The van der Waals surface area contributed by atoms with Crippen molar-refractivity contribution >= 4 is 7.82 Å². The molecule has 2 rings (SSSR count). The van der Waals surface area contributed by atoms with E-state index in [4.69, 9.17) is 19.2 Å². The van der Waals surface area contributed by atoms with Gasteiger partial charge in [0.15, 0.2) is 0 Å². The van der Waals surface area contributed by atoms with Crippen LogP contribution in [-0.4, -0.2) is 0 Å². The molecule has 0 bridgehead atoms. The van der Waals surface area contributed by atoms with Gasteiger partial charge in [-0.15, -0.1) is 0 Å². The Labute approximate surface area is 121 Å². The van der Waals surface area contributed by atoms with Gasteiger partial charge in [0.25, 0.3) is 0 Å². The molecule has 0 heterocycles. The minimum absolute atomic E-state index is 0. The fourth-order valence-electron chi connectivity index (χ4n) is 0.684. The molecular weight excluding hydrogens is 287 g/mol. The van der Waals surface area contributed by atoms with Crippen LogP contribution in [0.3, 0.4) is 0 Å². The molecule has 93 valence electrons. The van der Waals surface area contributed by atoms with Gasteiger partial charge in [-0.3, -0.25) is 0 Å². The van der Waals surface area contributed by atoms with Crippen LogP contribution in [0.2, 0.25) is 0 Å². The Kier molecular flexibility index (Phi) is 13.8. The molecular formula is C12H10O4PTi-2. The number of rotatable bonds is 0. The summed E-state index contributed by atoms with van der Waals surface area (Å²) in [7, 11) is -5.39. The van der Waals surface area contributed by atoms with Crippen molar-refractivity contribution in [3.63, 3.8) is 0 Å². The smallest absolute Gasteiger partial charge is 0.822 e. The maximum atomic E-state index is 8.55. The average molecular weight is 297 g/mol. The normalized spacial score (nSPS) is 8.61. The molecule has 2 aromatic rings. The second kappa shape index (κ2) is 12.7. The van der Waals surface area contributed by atoms with E-state index in [1.807, 2.05) is 60.7 Å². The van der Waals surface area contributed by atoms with Gasteiger partial charge in [-0.2, -0.15) is 80.6 Å². The maximum Gasteiger partial charge on any atom is 3.00 e. The molecule has 0 aliphatic rings. The second-order valence-corrected chi connectivity index (χ2v) is 3.50. The summed E-state index contributed by atoms with van der Waals surface area (Å²) in [6, 6.07) is 25.0. The Hall–Kier alpha value is -0.736. The van der Waals surface area contributed by atoms with Gasteiger partial charge in [0.1, 0.15) is 0 Å². The van der Waals surface area contributed by atoms with Crippen molar-refractivity contribution in [2.24, 2.45) is 0 Å². The summed E-state index contributed by atoms with van der Waals surface area (Å²) in [6.45, 7) is 0. The summed E-state index contributed by atoms with van der Waals surface area (Å²) in [5, 5.41) is 0. The van der Waals surface area contributed by atoms with E-state index in [0.717, 1.165) is 0 Å². The summed E-state index contributed by atoms with van der Waals surface area (Å²) in [6.07, 6.45) is 0. The van der Waals surface area contributed by atoms with Crippen LogP contribution in [0, 0.1) is 12.1 Å². The van der Waals surface area contributed by atoms with Crippen molar-refractivity contribution in [2.75, 3.05) is 0 Å². The molecule has 0 unspecified atom stereocenters. The van der Waals surface area contributed by atoms with Crippen LogP contribution in [-0.2, 0) is 26.3 Å². The largest absolute Gasteiger partial charge is 3.00 e. The zero-order valence-corrected chi connectivity index (χ0v) is 11.8. The van der Waals surface area contributed by atoms with Gasteiger partial charge < -0.3 is 19.2 Å². The number of benzene rings is 2. The number of phosphoric acid groups is 1. The van der Waals surface area contributed by atoms with Gasteiger partial charge in [0, 0.05) is 0 Å². The summed E-state index contributed by atoms with van der Waals surface area (Å²) in [4.78, 5) is 25.6. The van der Waals surface area contributed by atoms with Crippen molar-refractivity contribution in [1.29, 1.82) is 0 Å². The first-order valence-corrected chi connectivity index (χ1v) is 6.01. The molecule has 4 nitrogen and oxygen atoms in total. The fraction of sp³-hybridized carbons (Fsp3) is 0. The third kappa shape index (κ3) is 24.5. The second-order valence-electron chi connectivity index (χ2n) is 2.60. The molecule has 6 heteroatoms. The van der Waals surface area contributed by atoms with Gasteiger partial charge in [0.05, 0.1) is 0 Å². The molecule has 1 radical (unpaired) electrons. The van der Waals surface area contributed by atoms with Crippen LogP contribution in [0.25, 0.3) is 0 Å². The van der Waals surface area contributed by atoms with Crippen LogP contribution in [0.15, 0.2) is 60.7 Å². The van der Waals surface area contributed by atoms with Crippen molar-refractivity contribution in [2.45, 2.75) is 0 Å². The molecule has 18 heavy (non-hydrogen) atoms. The van der Waals surface area contributed by atoms with Crippen LogP contribution in [0.1, 0.15) is 0 Å². The molecule has 0 fully saturated rings. The van der Waals surface area contributed by atoms with E-state index in [2.05, 4.69) is 12.1 Å². The van der Waals surface area contributed by atoms with Gasteiger partial charge in [-0.1, -0.05) is 0 Å². The van der Waals surface area contributed by atoms with Crippen molar-refractivity contribution in [1.82, 2.24) is 0 Å². The Bertz CT molecular complexity index is 312. The van der Waals surface area contributed by atoms with Crippen molar-refractivity contribution in [3.8, 4) is 0 Å². The Morgan fingerprint density at radius 3 is 0.944 bits per heavy atom. The van der Waals surface area contributed by atoms with E-state index in [0.29, 0.717) is 0 Å². The molecule has 2 aromatic carbocycles. The van der Waals surface area contributed by atoms with Gasteiger partial charge in [-0.25, -0.2) is 0 Å². The summed E-state index contributed by atoms with van der Waals surface area (Å²) >= 11 is 0. The van der Waals surface area contributed by atoms with E-state index < -0.39 is 7.82 Å². The van der Waals surface area contributed by atoms with Crippen LogP contribution in [0.4, 0.5) is 0 Å². The zero-order chi connectivity index (χ0) is 13.0. The van der Waals surface area contributed by atoms with Crippen LogP contribution < -0.4 is 14.7 Å². The van der Waals surface area contributed by atoms with E-state index in [1.54, 1.807) is 0 Å². The Morgan fingerprint density at radius 2 is 0.889 bits per heavy atom. The SMILES string of the molecule is O=P([O-])([O-])[O-].[Ti+3].[c-]1ccccc1.[c-]1ccccc1. The summed E-state index contributed by atoms with van der Waals surface area (Å²) < 4.78 is 8.55. The van der Waals surface area contributed by atoms with Crippen LogP contribution >= 0.6 is 7.82 Å². The van der Waals surface area contributed by atoms with Gasteiger partial charge in [-0.05, 0) is 0 Å². The van der Waals surface area contributed by atoms with Gasteiger partial charge in [0.2, 0.25) is 0 Å². The van der Waals surface area contributed by atoms with E-state index in [1.165, 1.54) is 0 Å². The first kappa shape index (κ1) is 19.6. The summed E-state index contributed by atoms with van der Waals surface area (Å²) in [5.41, 5.74) is 0. The van der Waals surface area contributed by atoms with E-state index >= 15 is 0 Å². The van der Waals surface area contributed by atoms with Crippen molar-refractivity contribution in [3.05, 3.63) is 72.8 Å². The predicted molar refractivity (Wildman–Crippen MR) is 58.2 cm³/mol. The quantitative estimate of drug-likeness (QED) is 0.393. The van der Waals surface area contributed by atoms with Gasteiger partial charge >= 0.3 is 21.7 Å². The maximum absolute atomic E-state index is 8.55. The minimum Gasteiger partial charge on any atom is -0.822 e. The molecule has 0 spiro atoms. The number of hydrogen-bond acceptors (Lipinski definition) is 4. The molecule has 0 atom stereocenters. The Balaban J connectivity index is 0. The first-order valence-electron chi connectivity index (χ1n) is 4.55. The van der Waals surface area contributed by atoms with E-state index in [-0.39, 0.29) is 21.7 Å². The standard InChI is InChI=1S/2C6H5.H3O4P.Ti/c2*1-2-4-6-5-3-1;1-5(2,3)4;/h2*1-5H;(H3,1,2,3,4);/q2*-1;;+3/p-3. The fourth-order valence-corrected chi connectivity index (χ4v) is 0.684. The molecule has 0 saturated heterocycles. The molecule has 0 N–H and O–H groups in total. The third-order valence-corrected chi connectivity index (χ3v) is 1.21. The topological polar surface area (TPSA) is 86.2 Å². The monoisotopic (exact) mass is 297 g/mol. The van der Waals surface area contributed by atoms with Crippen molar-refractivity contribution < 1.29 is 41.0 Å². The zero-order valence-electron chi connectivity index (χ0n) is 9.35. The molecule has 0 amide bonds. The Morgan fingerprint density at radius 1 is 0.667 bits per heavy atom. The third-order valence-electron chi connectivity index (χ3n) is 1.21.